The van der Waals surface area contributed by atoms with Gasteiger partial charge in [-0.25, -0.2) is 9.78 Å². The van der Waals surface area contributed by atoms with Crippen molar-refractivity contribution in [2.45, 2.75) is 6.92 Å². The number of para-hydroxylation sites is 1. The number of anilines is 1. The first-order chi connectivity index (χ1) is 14.5. The van der Waals surface area contributed by atoms with Crippen LogP contribution in [0.1, 0.15) is 16.1 Å². The van der Waals surface area contributed by atoms with Crippen LogP contribution >= 0.6 is 11.6 Å². The summed E-state index contributed by atoms with van der Waals surface area (Å²) in [5.41, 5.74) is 2.14. The van der Waals surface area contributed by atoms with Crippen LogP contribution in [0.3, 0.4) is 0 Å². The molecular formula is C22H16ClN3O4. The van der Waals surface area contributed by atoms with Gasteiger partial charge < -0.3 is 14.6 Å². The number of nitrogens with one attached hydrogen (secondary N) is 1. The Morgan fingerprint density at radius 3 is 2.63 bits per heavy atom. The first kappa shape index (κ1) is 19.6. The molecule has 0 fully saturated rings. The predicted molar refractivity (Wildman–Crippen MR) is 112 cm³/mol. The van der Waals surface area contributed by atoms with E-state index in [4.69, 9.17) is 20.9 Å². The third-order valence-electron chi connectivity index (χ3n) is 4.32. The second kappa shape index (κ2) is 8.34. The van der Waals surface area contributed by atoms with E-state index in [-0.39, 0.29) is 5.82 Å². The number of carbonyl (C=O) groups is 2. The average molecular weight is 422 g/mol. The molecule has 0 aliphatic heterocycles. The van der Waals surface area contributed by atoms with Crippen LogP contribution in [0.4, 0.5) is 5.82 Å². The van der Waals surface area contributed by atoms with Gasteiger partial charge in [-0.05, 0) is 25.1 Å². The van der Waals surface area contributed by atoms with E-state index >= 15 is 0 Å². The van der Waals surface area contributed by atoms with Gasteiger partial charge in [-0.2, -0.15) is 0 Å². The fraction of sp³-hybridized carbons (Fsp3) is 0.0909. The van der Waals surface area contributed by atoms with E-state index in [1.165, 1.54) is 0 Å². The standard InChI is InChI=1S/C22H16ClN3O4/c1-13-10-20(26-30-13)25-21(27)12-29-22(28)16-11-19(15-7-2-4-8-17(15)23)24-18-9-5-3-6-14(16)18/h2-11H,12H2,1H3,(H,25,26,27). The van der Waals surface area contributed by atoms with Crippen LogP contribution < -0.4 is 5.32 Å². The van der Waals surface area contributed by atoms with Crippen LogP contribution in [0.25, 0.3) is 22.2 Å². The number of halogens is 1. The molecule has 8 heteroatoms. The van der Waals surface area contributed by atoms with Crippen molar-refractivity contribution < 1.29 is 18.8 Å². The molecule has 2 aromatic heterocycles. The van der Waals surface area contributed by atoms with Crippen LogP contribution in [-0.2, 0) is 9.53 Å². The summed E-state index contributed by atoms with van der Waals surface area (Å²) in [5, 5.41) is 7.30. The van der Waals surface area contributed by atoms with E-state index in [0.29, 0.717) is 38.5 Å². The van der Waals surface area contributed by atoms with Crippen LogP contribution in [0.5, 0.6) is 0 Å². The van der Waals surface area contributed by atoms with Crippen LogP contribution in [-0.4, -0.2) is 28.6 Å². The summed E-state index contributed by atoms with van der Waals surface area (Å²) in [6, 6.07) is 17.6. The van der Waals surface area contributed by atoms with E-state index in [1.54, 1.807) is 43.3 Å². The number of benzene rings is 2. The van der Waals surface area contributed by atoms with Crippen molar-refractivity contribution in [2.75, 3.05) is 11.9 Å². The summed E-state index contributed by atoms with van der Waals surface area (Å²) in [5.74, 6) is -0.365. The van der Waals surface area contributed by atoms with Gasteiger partial charge in [0.2, 0.25) is 0 Å². The van der Waals surface area contributed by atoms with Crippen LogP contribution in [0, 0.1) is 6.92 Å². The molecule has 150 valence electrons. The minimum absolute atomic E-state index is 0.254. The van der Waals surface area contributed by atoms with Crippen LogP contribution in [0.15, 0.2) is 65.2 Å². The molecule has 2 heterocycles. The van der Waals surface area contributed by atoms with Crippen molar-refractivity contribution in [2.24, 2.45) is 0 Å². The normalized spacial score (nSPS) is 10.7. The van der Waals surface area contributed by atoms with Crippen molar-refractivity contribution in [3.8, 4) is 11.3 Å². The fourth-order valence-corrected chi connectivity index (χ4v) is 3.20. The van der Waals surface area contributed by atoms with Gasteiger partial charge in [-0.1, -0.05) is 53.2 Å². The summed E-state index contributed by atoms with van der Waals surface area (Å²) < 4.78 is 10.1. The molecule has 30 heavy (non-hydrogen) atoms. The van der Waals surface area contributed by atoms with Crippen molar-refractivity contribution in [3.05, 3.63) is 77.0 Å². The topological polar surface area (TPSA) is 94.3 Å². The Morgan fingerprint density at radius 1 is 1.10 bits per heavy atom. The molecule has 0 spiro atoms. The summed E-state index contributed by atoms with van der Waals surface area (Å²) in [6.45, 7) is 1.23. The number of hydrogen-bond acceptors (Lipinski definition) is 6. The smallest absolute Gasteiger partial charge is 0.339 e. The van der Waals surface area contributed by atoms with E-state index in [0.717, 1.165) is 0 Å². The minimum atomic E-state index is -0.645. The molecule has 0 aliphatic rings. The van der Waals surface area contributed by atoms with Gasteiger partial charge in [0.05, 0.1) is 16.8 Å². The maximum atomic E-state index is 12.8. The highest BCUT2D eigenvalue weighted by Gasteiger charge is 2.18. The van der Waals surface area contributed by atoms with Crippen LogP contribution in [0.2, 0.25) is 5.02 Å². The molecule has 1 N–H and O–H groups in total. The summed E-state index contributed by atoms with van der Waals surface area (Å²) in [7, 11) is 0. The summed E-state index contributed by atoms with van der Waals surface area (Å²) in [6.07, 6.45) is 0. The number of rotatable bonds is 5. The zero-order valence-electron chi connectivity index (χ0n) is 15.9. The number of esters is 1. The van der Waals surface area contributed by atoms with Gasteiger partial charge in [0.15, 0.2) is 12.4 Å². The molecule has 0 saturated carbocycles. The molecule has 1 amide bonds. The highest BCUT2D eigenvalue weighted by atomic mass is 35.5. The van der Waals surface area contributed by atoms with Gasteiger partial charge in [0.1, 0.15) is 5.76 Å². The lowest BCUT2D eigenvalue weighted by Crippen LogP contribution is -2.21. The van der Waals surface area contributed by atoms with Gasteiger partial charge in [0.25, 0.3) is 5.91 Å². The maximum Gasteiger partial charge on any atom is 0.339 e. The number of hydrogen-bond donors (Lipinski definition) is 1. The molecule has 7 nitrogen and oxygen atoms in total. The molecule has 0 unspecified atom stereocenters. The lowest BCUT2D eigenvalue weighted by Gasteiger charge is -2.11. The molecular weight excluding hydrogens is 406 g/mol. The zero-order valence-corrected chi connectivity index (χ0v) is 16.6. The van der Waals surface area contributed by atoms with Gasteiger partial charge >= 0.3 is 5.97 Å². The second-order valence-corrected chi connectivity index (χ2v) is 6.91. The maximum absolute atomic E-state index is 12.8. The van der Waals surface area contributed by atoms with Crippen molar-refractivity contribution >= 4 is 40.2 Å². The van der Waals surface area contributed by atoms with Crippen molar-refractivity contribution in [3.63, 3.8) is 0 Å². The van der Waals surface area contributed by atoms with Gasteiger partial charge in [0, 0.05) is 22.0 Å². The quantitative estimate of drug-likeness (QED) is 0.471. The van der Waals surface area contributed by atoms with Gasteiger partial charge in [-0.3, -0.25) is 4.79 Å². The SMILES string of the molecule is Cc1cc(NC(=O)COC(=O)c2cc(-c3ccccc3Cl)nc3ccccc23)no1. The third-order valence-corrected chi connectivity index (χ3v) is 4.65. The fourth-order valence-electron chi connectivity index (χ4n) is 2.96. The van der Waals surface area contributed by atoms with E-state index in [2.05, 4.69) is 15.5 Å². The molecule has 0 atom stereocenters. The lowest BCUT2D eigenvalue weighted by atomic mass is 10.0. The number of aromatic nitrogens is 2. The number of ether oxygens (including phenoxy) is 1. The first-order valence-corrected chi connectivity index (χ1v) is 9.44. The van der Waals surface area contributed by atoms with E-state index in [9.17, 15) is 9.59 Å². The number of pyridine rings is 1. The third kappa shape index (κ3) is 4.16. The lowest BCUT2D eigenvalue weighted by molar-refractivity contribution is -0.119. The van der Waals surface area contributed by atoms with E-state index < -0.39 is 18.5 Å². The zero-order chi connectivity index (χ0) is 21.1. The Labute approximate surface area is 176 Å². The second-order valence-electron chi connectivity index (χ2n) is 6.50. The molecule has 0 saturated heterocycles. The first-order valence-electron chi connectivity index (χ1n) is 9.06. The molecule has 4 aromatic rings. The molecule has 4 rings (SSSR count). The Balaban J connectivity index is 1.60. The summed E-state index contributed by atoms with van der Waals surface area (Å²) >= 11 is 6.30. The minimum Gasteiger partial charge on any atom is -0.452 e. The molecule has 0 bridgehead atoms. The number of amides is 1. The van der Waals surface area contributed by atoms with Crippen molar-refractivity contribution in [1.82, 2.24) is 10.1 Å². The number of fused-ring (bicyclic) bond motifs is 1. The highest BCUT2D eigenvalue weighted by Crippen LogP contribution is 2.30. The number of nitrogens with zero attached hydrogens (tertiary/aromatic N) is 2. The van der Waals surface area contributed by atoms with E-state index in [1.807, 2.05) is 24.3 Å². The number of aryl methyl sites for hydroxylation is 1. The number of carbonyl (C=O) groups excluding carboxylic acids is 2. The highest BCUT2D eigenvalue weighted by molar-refractivity contribution is 6.33. The molecule has 0 radical (unpaired) electrons. The van der Waals surface area contributed by atoms with Crippen molar-refractivity contribution in [1.29, 1.82) is 0 Å². The average Bonchev–Trinajstić information content (AvgIpc) is 3.16. The monoisotopic (exact) mass is 421 g/mol. The molecule has 0 aliphatic carbocycles. The largest absolute Gasteiger partial charge is 0.452 e. The Kier molecular flexibility index (Phi) is 5.45. The van der Waals surface area contributed by atoms with Gasteiger partial charge in [-0.15, -0.1) is 0 Å². The Bertz CT molecular complexity index is 1250. The molecule has 2 aromatic carbocycles. The summed E-state index contributed by atoms with van der Waals surface area (Å²) in [4.78, 5) is 29.5. The Morgan fingerprint density at radius 2 is 1.87 bits per heavy atom. The Hall–Kier alpha value is -3.71. The predicted octanol–water partition coefficient (Wildman–Crippen LogP) is 4.65.